The molecule has 146 valence electrons. The lowest BCUT2D eigenvalue weighted by Gasteiger charge is -2.16. The molecular weight excluding hydrogens is 388 g/mol. The zero-order chi connectivity index (χ0) is 19.9. The van der Waals surface area contributed by atoms with E-state index >= 15 is 0 Å². The predicted molar refractivity (Wildman–Crippen MR) is 118 cm³/mol. The van der Waals surface area contributed by atoms with E-state index in [9.17, 15) is 4.79 Å². The molecule has 0 fully saturated rings. The third-order valence-corrected chi connectivity index (χ3v) is 6.05. The summed E-state index contributed by atoms with van der Waals surface area (Å²) in [7, 11) is 1.84. The summed E-state index contributed by atoms with van der Waals surface area (Å²) in [5, 5.41) is 0. The summed E-state index contributed by atoms with van der Waals surface area (Å²) in [4.78, 5) is 20.0. The minimum atomic E-state index is 0.114. The molecule has 1 heterocycles. The molecule has 0 saturated heterocycles. The molecule has 4 nitrogen and oxygen atoms in total. The first-order valence-corrected chi connectivity index (χ1v) is 11.4. The van der Waals surface area contributed by atoms with Crippen molar-refractivity contribution in [2.75, 3.05) is 19.1 Å². The second kappa shape index (κ2) is 9.85. The Morgan fingerprint density at radius 3 is 2.50 bits per heavy atom. The number of benzene rings is 2. The third-order valence-electron chi connectivity index (χ3n) is 4.38. The van der Waals surface area contributed by atoms with Gasteiger partial charge in [-0.1, -0.05) is 30.3 Å². The first-order valence-electron chi connectivity index (χ1n) is 9.03. The maximum absolute atomic E-state index is 12.4. The zero-order valence-electron chi connectivity index (χ0n) is 16.3. The topological polar surface area (TPSA) is 46.3 Å². The normalized spacial score (nSPS) is 10.8. The molecule has 2 aromatic carbocycles. The first-order chi connectivity index (χ1) is 13.6. The van der Waals surface area contributed by atoms with E-state index in [1.807, 2.05) is 56.4 Å². The molecule has 0 spiro atoms. The molecule has 0 aliphatic heterocycles. The summed E-state index contributed by atoms with van der Waals surface area (Å²) < 4.78 is 5.83. The van der Waals surface area contributed by atoms with Crippen molar-refractivity contribution < 1.29 is 9.21 Å². The number of aryl methyl sites for hydroxylation is 1. The van der Waals surface area contributed by atoms with Gasteiger partial charge in [0.05, 0.1) is 11.4 Å². The Labute approximate surface area is 174 Å². The van der Waals surface area contributed by atoms with Crippen molar-refractivity contribution in [2.24, 2.45) is 0 Å². The second-order valence-electron chi connectivity index (χ2n) is 6.48. The molecule has 3 aromatic rings. The van der Waals surface area contributed by atoms with Crippen molar-refractivity contribution in [3.63, 3.8) is 0 Å². The average Bonchev–Trinajstić information content (AvgIpc) is 3.09. The number of thioether (sulfide) groups is 2. The fourth-order valence-corrected chi connectivity index (χ4v) is 4.08. The number of hydrogen-bond acceptors (Lipinski definition) is 5. The van der Waals surface area contributed by atoms with E-state index in [4.69, 9.17) is 4.42 Å². The van der Waals surface area contributed by atoms with Crippen LogP contribution in [0.25, 0.3) is 11.5 Å². The standard InChI is InChI=1S/C22H24N2O2S2/c1-16-20(23-22(26-16)18-9-11-19(27-3)12-10-18)14-28-15-21(25)24(2)13-17-7-5-4-6-8-17/h4-12H,13-15H2,1-3H3. The van der Waals surface area contributed by atoms with Gasteiger partial charge in [-0.3, -0.25) is 4.79 Å². The fraction of sp³-hybridized carbons (Fsp3) is 0.273. The first kappa shape index (κ1) is 20.6. The molecule has 28 heavy (non-hydrogen) atoms. The molecule has 0 N–H and O–H groups in total. The molecule has 0 radical (unpaired) electrons. The quantitative estimate of drug-likeness (QED) is 0.472. The number of carbonyl (C=O) groups excluding carboxylic acids is 1. The molecule has 6 heteroatoms. The molecule has 0 bridgehead atoms. The van der Waals surface area contributed by atoms with Crippen LogP contribution in [0.4, 0.5) is 0 Å². The van der Waals surface area contributed by atoms with E-state index in [0.29, 0.717) is 23.9 Å². The largest absolute Gasteiger partial charge is 0.441 e. The molecule has 1 amide bonds. The second-order valence-corrected chi connectivity index (χ2v) is 8.34. The number of rotatable bonds is 8. The van der Waals surface area contributed by atoms with Gasteiger partial charge in [-0.2, -0.15) is 0 Å². The smallest absolute Gasteiger partial charge is 0.232 e. The summed E-state index contributed by atoms with van der Waals surface area (Å²) in [6.07, 6.45) is 2.05. The van der Waals surface area contributed by atoms with Crippen LogP contribution in [0.5, 0.6) is 0 Å². The van der Waals surface area contributed by atoms with Gasteiger partial charge in [0, 0.05) is 29.8 Å². The predicted octanol–water partition coefficient (Wildman–Crippen LogP) is 5.26. The molecule has 1 aromatic heterocycles. The van der Waals surface area contributed by atoms with Gasteiger partial charge in [0.2, 0.25) is 11.8 Å². The lowest BCUT2D eigenvalue weighted by atomic mass is 10.2. The summed E-state index contributed by atoms with van der Waals surface area (Å²) >= 11 is 3.27. The highest BCUT2D eigenvalue weighted by Crippen LogP contribution is 2.26. The number of nitrogens with zero attached hydrogens (tertiary/aromatic N) is 2. The van der Waals surface area contributed by atoms with Crippen molar-refractivity contribution in [1.82, 2.24) is 9.88 Å². The Morgan fingerprint density at radius 1 is 1.11 bits per heavy atom. The molecule has 0 saturated carbocycles. The Bertz CT molecular complexity index is 908. The molecule has 0 aliphatic rings. The van der Waals surface area contributed by atoms with Gasteiger partial charge in [-0.25, -0.2) is 4.98 Å². The molecule has 0 atom stereocenters. The van der Waals surface area contributed by atoms with Crippen molar-refractivity contribution in [2.45, 2.75) is 24.1 Å². The van der Waals surface area contributed by atoms with Gasteiger partial charge >= 0.3 is 0 Å². The fourth-order valence-electron chi connectivity index (χ4n) is 2.71. The molecular formula is C22H24N2O2S2. The van der Waals surface area contributed by atoms with Gasteiger partial charge in [0.25, 0.3) is 0 Å². The van der Waals surface area contributed by atoms with Crippen LogP contribution < -0.4 is 0 Å². The van der Waals surface area contributed by atoms with Gasteiger partial charge in [0.15, 0.2) is 0 Å². The molecule has 0 aliphatic carbocycles. The van der Waals surface area contributed by atoms with E-state index in [1.54, 1.807) is 28.4 Å². The highest BCUT2D eigenvalue weighted by molar-refractivity contribution is 7.99. The van der Waals surface area contributed by atoms with Gasteiger partial charge < -0.3 is 9.32 Å². The molecule has 0 unspecified atom stereocenters. The number of hydrogen-bond donors (Lipinski definition) is 0. The Balaban J connectivity index is 1.53. The maximum atomic E-state index is 12.4. The van der Waals surface area contributed by atoms with Crippen LogP contribution >= 0.6 is 23.5 Å². The van der Waals surface area contributed by atoms with E-state index in [0.717, 1.165) is 22.6 Å². The van der Waals surface area contributed by atoms with Crippen LogP contribution in [0.1, 0.15) is 17.0 Å². The number of amides is 1. The minimum Gasteiger partial charge on any atom is -0.441 e. The van der Waals surface area contributed by atoms with Gasteiger partial charge in [-0.15, -0.1) is 23.5 Å². The minimum absolute atomic E-state index is 0.114. The Hall–Kier alpha value is -2.18. The number of carbonyl (C=O) groups is 1. The molecule has 3 rings (SSSR count). The summed E-state index contributed by atoms with van der Waals surface area (Å²) in [5.41, 5.74) is 3.00. The Morgan fingerprint density at radius 2 is 1.82 bits per heavy atom. The highest BCUT2D eigenvalue weighted by atomic mass is 32.2. The Kier molecular flexibility index (Phi) is 7.23. The highest BCUT2D eigenvalue weighted by Gasteiger charge is 2.14. The van der Waals surface area contributed by atoms with Crippen LogP contribution in [0.15, 0.2) is 63.9 Å². The van der Waals surface area contributed by atoms with Gasteiger partial charge in [0.1, 0.15) is 5.76 Å². The van der Waals surface area contributed by atoms with Crippen LogP contribution in [-0.4, -0.2) is 34.8 Å². The number of oxazole rings is 1. The van der Waals surface area contributed by atoms with Crippen LogP contribution in [-0.2, 0) is 17.1 Å². The van der Waals surface area contributed by atoms with Crippen LogP contribution in [0.3, 0.4) is 0 Å². The van der Waals surface area contributed by atoms with E-state index in [-0.39, 0.29) is 5.91 Å². The van der Waals surface area contributed by atoms with E-state index in [2.05, 4.69) is 23.4 Å². The van der Waals surface area contributed by atoms with E-state index in [1.165, 1.54) is 4.90 Å². The lowest BCUT2D eigenvalue weighted by Crippen LogP contribution is -2.27. The van der Waals surface area contributed by atoms with Crippen LogP contribution in [0.2, 0.25) is 0 Å². The zero-order valence-corrected chi connectivity index (χ0v) is 18.0. The lowest BCUT2D eigenvalue weighted by molar-refractivity contribution is -0.127. The van der Waals surface area contributed by atoms with Crippen molar-refractivity contribution in [3.8, 4) is 11.5 Å². The SMILES string of the molecule is CSc1ccc(-c2nc(CSCC(=O)N(C)Cc3ccccc3)c(C)o2)cc1. The third kappa shape index (κ3) is 5.42. The average molecular weight is 413 g/mol. The maximum Gasteiger partial charge on any atom is 0.232 e. The van der Waals surface area contributed by atoms with Crippen molar-refractivity contribution >= 4 is 29.4 Å². The van der Waals surface area contributed by atoms with E-state index < -0.39 is 0 Å². The monoisotopic (exact) mass is 412 g/mol. The summed E-state index contributed by atoms with van der Waals surface area (Å²) in [5.74, 6) is 2.63. The summed E-state index contributed by atoms with van der Waals surface area (Å²) in [6, 6.07) is 18.2. The van der Waals surface area contributed by atoms with Gasteiger partial charge in [-0.05, 0) is 43.0 Å². The van der Waals surface area contributed by atoms with Crippen molar-refractivity contribution in [1.29, 1.82) is 0 Å². The van der Waals surface area contributed by atoms with Crippen molar-refractivity contribution in [3.05, 3.63) is 71.6 Å². The number of aromatic nitrogens is 1. The summed E-state index contributed by atoms with van der Waals surface area (Å²) in [6.45, 7) is 2.55. The van der Waals surface area contributed by atoms with Crippen LogP contribution in [0, 0.1) is 6.92 Å².